The lowest BCUT2D eigenvalue weighted by molar-refractivity contribution is 1.20. The largest absolute Gasteiger partial charge is 0.345 e. The van der Waals surface area contributed by atoms with Crippen LogP contribution in [-0.2, 0) is 0 Å². The summed E-state index contributed by atoms with van der Waals surface area (Å²) in [6, 6.07) is 29.8. The minimum Gasteiger partial charge on any atom is -0.345 e. The molecule has 0 bridgehead atoms. The van der Waals surface area contributed by atoms with E-state index in [1.807, 2.05) is 0 Å². The molecule has 0 aliphatic carbocycles. The van der Waals surface area contributed by atoms with E-state index in [9.17, 15) is 0 Å². The van der Waals surface area contributed by atoms with E-state index < -0.39 is 8.07 Å². The Hall–Kier alpha value is -2.58. The third-order valence-electron chi connectivity index (χ3n) is 6.69. The summed E-state index contributed by atoms with van der Waals surface area (Å²) in [5, 5.41) is 8.77. The van der Waals surface area contributed by atoms with E-state index >= 15 is 0 Å². The third-order valence-corrected chi connectivity index (χ3v) is 12.0. The Kier molecular flexibility index (Phi) is 3.66. The lowest BCUT2D eigenvalue weighted by Crippen LogP contribution is -2.62. The highest BCUT2D eigenvalue weighted by atomic mass is 28.3. The molecule has 0 amide bonds. The first-order valence-corrected chi connectivity index (χ1v) is 12.4. The van der Waals surface area contributed by atoms with Crippen molar-refractivity contribution in [2.24, 2.45) is 0 Å². The zero-order chi connectivity index (χ0) is 18.6. The molecular weight excluding hydrogens is 342 g/mol. The van der Waals surface area contributed by atoms with Gasteiger partial charge < -0.3 is 4.90 Å². The summed E-state index contributed by atoms with van der Waals surface area (Å²) in [6.45, 7) is 4.82. The van der Waals surface area contributed by atoms with Gasteiger partial charge in [0, 0.05) is 18.4 Å². The Bertz CT molecular complexity index is 1170. The highest BCUT2D eigenvalue weighted by Crippen LogP contribution is 2.38. The van der Waals surface area contributed by atoms with E-state index in [4.69, 9.17) is 0 Å². The van der Waals surface area contributed by atoms with Gasteiger partial charge in [-0.1, -0.05) is 86.6 Å². The van der Waals surface area contributed by atoms with E-state index in [2.05, 4.69) is 98.6 Å². The fourth-order valence-electron chi connectivity index (χ4n) is 5.18. The summed E-state index contributed by atoms with van der Waals surface area (Å²) in [4.78, 5) is 2.43. The molecule has 0 spiro atoms. The normalized spacial score (nSPS) is 15.0. The molecule has 134 valence electrons. The second kappa shape index (κ2) is 5.96. The van der Waals surface area contributed by atoms with E-state index in [1.165, 1.54) is 45.0 Å². The van der Waals surface area contributed by atoms with Gasteiger partial charge in [0.2, 0.25) is 0 Å². The molecule has 0 aromatic heterocycles. The van der Waals surface area contributed by atoms with Gasteiger partial charge in [0.1, 0.15) is 8.07 Å². The van der Waals surface area contributed by atoms with Crippen LogP contribution >= 0.6 is 0 Å². The Morgan fingerprint density at radius 3 is 2.04 bits per heavy atom. The van der Waals surface area contributed by atoms with Crippen LogP contribution in [0.1, 0.15) is 13.8 Å². The lowest BCUT2D eigenvalue weighted by atomic mass is 10.1. The summed E-state index contributed by atoms with van der Waals surface area (Å²) < 4.78 is 0. The van der Waals surface area contributed by atoms with Crippen LogP contribution in [0.2, 0.25) is 12.1 Å². The number of rotatable bonds is 2. The maximum atomic E-state index is 2.51. The Balaban J connectivity index is 1.94. The highest BCUT2D eigenvalue weighted by molar-refractivity contribution is 7.05. The van der Waals surface area contributed by atoms with E-state index in [1.54, 1.807) is 10.4 Å². The van der Waals surface area contributed by atoms with Gasteiger partial charge in [0.25, 0.3) is 0 Å². The summed E-state index contributed by atoms with van der Waals surface area (Å²) in [5.74, 6) is 0. The molecule has 0 atom stereocenters. The van der Waals surface area contributed by atoms with Crippen molar-refractivity contribution in [3.8, 4) is 0 Å². The molecule has 1 heterocycles. The van der Waals surface area contributed by atoms with Crippen LogP contribution in [0, 0.1) is 0 Å². The molecular formula is C25H25NSi. The molecule has 4 aromatic rings. The molecule has 5 rings (SSSR count). The van der Waals surface area contributed by atoms with Gasteiger partial charge in [-0.05, 0) is 44.1 Å². The molecule has 1 aliphatic heterocycles. The van der Waals surface area contributed by atoms with Crippen LogP contribution in [-0.4, -0.2) is 15.1 Å². The van der Waals surface area contributed by atoms with Crippen molar-refractivity contribution in [2.45, 2.75) is 25.9 Å². The monoisotopic (exact) mass is 367 g/mol. The molecule has 0 fully saturated rings. The standard InChI is InChI=1S/C25H25NSi/c1-4-27(5-2)24-17-20-12-7-6-11-19(20)16-23(24)26(3)22-15-14-18-10-8-9-13-21(18)25(22)27/h6-17H,4-5H2,1-3H3. The van der Waals surface area contributed by atoms with E-state index in [0.29, 0.717) is 0 Å². The fraction of sp³-hybridized carbons (Fsp3) is 0.200. The molecule has 0 radical (unpaired) electrons. The summed E-state index contributed by atoms with van der Waals surface area (Å²) in [5.41, 5.74) is 2.82. The van der Waals surface area contributed by atoms with Crippen molar-refractivity contribution in [1.82, 2.24) is 0 Å². The maximum absolute atomic E-state index is 2.51. The summed E-state index contributed by atoms with van der Waals surface area (Å²) in [7, 11) is 0.404. The molecule has 4 aromatic carbocycles. The van der Waals surface area contributed by atoms with Crippen molar-refractivity contribution < 1.29 is 0 Å². The first-order chi connectivity index (χ1) is 13.2. The SMILES string of the molecule is CC[Si]1(CC)c2cc3ccccc3cc2N(C)c2ccc3ccccc3c21. The molecule has 1 aliphatic rings. The smallest absolute Gasteiger partial charge is 0.123 e. The quantitative estimate of drug-likeness (QED) is 0.412. The lowest BCUT2D eigenvalue weighted by Gasteiger charge is -2.43. The van der Waals surface area contributed by atoms with E-state index in [-0.39, 0.29) is 0 Å². The van der Waals surface area contributed by atoms with Gasteiger partial charge in [0.05, 0.1) is 0 Å². The molecule has 27 heavy (non-hydrogen) atoms. The van der Waals surface area contributed by atoms with Crippen LogP contribution in [0.5, 0.6) is 0 Å². The summed E-state index contributed by atoms with van der Waals surface area (Å²) >= 11 is 0. The first-order valence-electron chi connectivity index (χ1n) is 9.99. The summed E-state index contributed by atoms with van der Waals surface area (Å²) in [6.07, 6.45) is 0. The van der Waals surface area contributed by atoms with Crippen molar-refractivity contribution >= 4 is 51.4 Å². The van der Waals surface area contributed by atoms with Gasteiger partial charge in [-0.25, -0.2) is 0 Å². The number of fused-ring (bicyclic) bond motifs is 5. The number of anilines is 2. The second-order valence-electron chi connectivity index (χ2n) is 7.75. The predicted molar refractivity (Wildman–Crippen MR) is 122 cm³/mol. The minimum atomic E-state index is -1.84. The zero-order valence-electron chi connectivity index (χ0n) is 16.3. The van der Waals surface area contributed by atoms with Crippen LogP contribution < -0.4 is 15.3 Å². The van der Waals surface area contributed by atoms with Gasteiger partial charge in [-0.15, -0.1) is 0 Å². The fourth-order valence-corrected chi connectivity index (χ4v) is 10.1. The Labute approximate surface area is 162 Å². The Morgan fingerprint density at radius 2 is 1.33 bits per heavy atom. The number of nitrogens with zero attached hydrogens (tertiary/aromatic N) is 1. The predicted octanol–water partition coefficient (Wildman–Crippen LogP) is 5.68. The van der Waals surface area contributed by atoms with Gasteiger partial charge in [-0.3, -0.25) is 0 Å². The first kappa shape index (κ1) is 16.6. The average molecular weight is 368 g/mol. The van der Waals surface area contributed by atoms with Gasteiger partial charge in [-0.2, -0.15) is 0 Å². The van der Waals surface area contributed by atoms with Crippen molar-refractivity contribution in [3.63, 3.8) is 0 Å². The average Bonchev–Trinajstić information content (AvgIpc) is 2.73. The molecule has 0 unspecified atom stereocenters. The molecule has 2 heteroatoms. The molecule has 0 saturated carbocycles. The Morgan fingerprint density at radius 1 is 0.704 bits per heavy atom. The topological polar surface area (TPSA) is 3.24 Å². The van der Waals surface area contributed by atoms with Gasteiger partial charge >= 0.3 is 0 Å². The third kappa shape index (κ3) is 2.17. The minimum absolute atomic E-state index is 1.24. The van der Waals surface area contributed by atoms with Crippen molar-refractivity contribution in [3.05, 3.63) is 72.8 Å². The van der Waals surface area contributed by atoms with Crippen LogP contribution in [0.3, 0.4) is 0 Å². The molecule has 1 nitrogen and oxygen atoms in total. The van der Waals surface area contributed by atoms with Crippen LogP contribution in [0.25, 0.3) is 21.5 Å². The van der Waals surface area contributed by atoms with E-state index in [0.717, 1.165) is 0 Å². The van der Waals surface area contributed by atoms with Gasteiger partial charge in [0.15, 0.2) is 0 Å². The maximum Gasteiger partial charge on any atom is 0.123 e. The number of benzene rings is 4. The van der Waals surface area contributed by atoms with Crippen molar-refractivity contribution in [2.75, 3.05) is 11.9 Å². The van der Waals surface area contributed by atoms with Crippen LogP contribution in [0.15, 0.2) is 72.8 Å². The number of hydrogen-bond donors (Lipinski definition) is 0. The van der Waals surface area contributed by atoms with Crippen LogP contribution in [0.4, 0.5) is 11.4 Å². The van der Waals surface area contributed by atoms with Crippen molar-refractivity contribution in [1.29, 1.82) is 0 Å². The molecule has 0 N–H and O–H groups in total. The molecule has 0 saturated heterocycles. The number of hydrogen-bond acceptors (Lipinski definition) is 1. The second-order valence-corrected chi connectivity index (χ2v) is 12.4. The highest BCUT2D eigenvalue weighted by Gasteiger charge is 2.43. The zero-order valence-corrected chi connectivity index (χ0v) is 17.3.